The summed E-state index contributed by atoms with van der Waals surface area (Å²) in [6.07, 6.45) is 3.54. The molecule has 1 aromatic carbocycles. The molecule has 150 valence electrons. The Bertz CT molecular complexity index is 828. The van der Waals surface area contributed by atoms with Gasteiger partial charge in [-0.3, -0.25) is 14.5 Å². The molecule has 1 N–H and O–H groups in total. The van der Waals surface area contributed by atoms with Crippen molar-refractivity contribution < 1.29 is 18.4 Å². The van der Waals surface area contributed by atoms with Gasteiger partial charge in [0, 0.05) is 50.0 Å². The van der Waals surface area contributed by atoms with Crippen molar-refractivity contribution in [3.8, 4) is 0 Å². The van der Waals surface area contributed by atoms with Gasteiger partial charge in [0.05, 0.1) is 0 Å². The molecular weight excluding hydrogens is 366 g/mol. The molecule has 6 nitrogen and oxygen atoms in total. The minimum Gasteiger partial charge on any atom is -0.337 e. The van der Waals surface area contributed by atoms with E-state index < -0.39 is 11.6 Å². The maximum Gasteiger partial charge on any atom is 0.270 e. The summed E-state index contributed by atoms with van der Waals surface area (Å²) in [5, 5.41) is 3.92. The molecule has 0 saturated carbocycles. The Kier molecular flexibility index (Phi) is 5.14. The number of hydrogen-bond donors (Lipinski definition) is 1. The summed E-state index contributed by atoms with van der Waals surface area (Å²) in [4.78, 5) is 27.9. The molecule has 3 aliphatic heterocycles. The number of piperidine rings is 1. The number of benzene rings is 1. The molecule has 0 aromatic heterocycles. The van der Waals surface area contributed by atoms with E-state index in [1.54, 1.807) is 6.07 Å². The van der Waals surface area contributed by atoms with E-state index in [9.17, 15) is 18.4 Å². The van der Waals surface area contributed by atoms with E-state index in [1.807, 2.05) is 4.90 Å². The summed E-state index contributed by atoms with van der Waals surface area (Å²) in [6.45, 7) is 3.27. The van der Waals surface area contributed by atoms with Gasteiger partial charge in [0.25, 0.3) is 5.91 Å². The second-order valence-corrected chi connectivity index (χ2v) is 8.10. The third-order valence-electron chi connectivity index (χ3n) is 6.04. The summed E-state index contributed by atoms with van der Waals surface area (Å²) >= 11 is 0. The van der Waals surface area contributed by atoms with Crippen molar-refractivity contribution >= 4 is 17.5 Å². The third-order valence-corrected chi connectivity index (χ3v) is 6.04. The molecule has 2 amide bonds. The highest BCUT2D eigenvalue weighted by atomic mass is 19.2. The van der Waals surface area contributed by atoms with Crippen LogP contribution in [0.3, 0.4) is 0 Å². The Labute approximate surface area is 162 Å². The Balaban J connectivity index is 1.41. The number of halogens is 2. The average molecular weight is 390 g/mol. The number of hydrogen-bond acceptors (Lipinski definition) is 4. The van der Waals surface area contributed by atoms with E-state index in [0.717, 1.165) is 38.4 Å². The highest BCUT2D eigenvalue weighted by Crippen LogP contribution is 2.39. The first-order chi connectivity index (χ1) is 13.5. The lowest BCUT2D eigenvalue weighted by atomic mass is 9.79. The van der Waals surface area contributed by atoms with Crippen LogP contribution in [0, 0.1) is 17.0 Å². The zero-order chi connectivity index (χ0) is 19.7. The predicted octanol–water partition coefficient (Wildman–Crippen LogP) is 2.05. The van der Waals surface area contributed by atoms with Gasteiger partial charge in [-0.05, 0) is 31.9 Å². The van der Waals surface area contributed by atoms with E-state index >= 15 is 0 Å². The minimum atomic E-state index is -0.817. The molecule has 4 rings (SSSR count). The molecule has 3 aliphatic rings. The third kappa shape index (κ3) is 3.78. The molecule has 0 radical (unpaired) electrons. The van der Waals surface area contributed by atoms with Crippen LogP contribution in [0.4, 0.5) is 8.78 Å². The predicted molar refractivity (Wildman–Crippen MR) is 99.3 cm³/mol. The van der Waals surface area contributed by atoms with Crippen molar-refractivity contribution in [2.24, 2.45) is 10.5 Å². The smallest absolute Gasteiger partial charge is 0.270 e. The maximum atomic E-state index is 14.0. The molecule has 28 heavy (non-hydrogen) atoms. The van der Waals surface area contributed by atoms with Crippen LogP contribution < -0.4 is 5.43 Å². The molecule has 2 saturated heterocycles. The zero-order valence-electron chi connectivity index (χ0n) is 15.7. The minimum absolute atomic E-state index is 0.0177. The molecule has 0 unspecified atom stereocenters. The topological polar surface area (TPSA) is 65.0 Å². The van der Waals surface area contributed by atoms with Crippen LogP contribution in [0.2, 0.25) is 0 Å². The summed E-state index contributed by atoms with van der Waals surface area (Å²) in [5.41, 5.74) is 3.14. The normalized spacial score (nSPS) is 25.7. The maximum absolute atomic E-state index is 14.0. The average Bonchev–Trinajstić information content (AvgIpc) is 3.09. The van der Waals surface area contributed by atoms with E-state index in [0.29, 0.717) is 37.3 Å². The van der Waals surface area contributed by atoms with Gasteiger partial charge in [0.1, 0.15) is 5.71 Å². The zero-order valence-corrected chi connectivity index (χ0v) is 15.7. The fourth-order valence-electron chi connectivity index (χ4n) is 4.61. The number of nitrogens with zero attached hydrogens (tertiary/aromatic N) is 3. The van der Waals surface area contributed by atoms with Gasteiger partial charge in [0.2, 0.25) is 5.91 Å². The molecule has 8 heteroatoms. The molecule has 0 aliphatic carbocycles. The van der Waals surface area contributed by atoms with Crippen molar-refractivity contribution in [1.82, 2.24) is 15.2 Å². The highest BCUT2D eigenvalue weighted by Gasteiger charge is 2.43. The van der Waals surface area contributed by atoms with Crippen molar-refractivity contribution in [3.05, 3.63) is 35.4 Å². The number of amides is 2. The first kappa shape index (κ1) is 19.0. The Morgan fingerprint density at radius 2 is 2.04 bits per heavy atom. The quantitative estimate of drug-likeness (QED) is 0.859. The second kappa shape index (κ2) is 7.58. The first-order valence-electron chi connectivity index (χ1n) is 9.76. The van der Waals surface area contributed by atoms with E-state index in [-0.39, 0.29) is 23.7 Å². The Morgan fingerprint density at radius 3 is 2.82 bits per heavy atom. The summed E-state index contributed by atoms with van der Waals surface area (Å²) < 4.78 is 27.5. The monoisotopic (exact) mass is 390 g/mol. The lowest BCUT2D eigenvalue weighted by Gasteiger charge is -2.40. The van der Waals surface area contributed by atoms with Crippen molar-refractivity contribution in [2.75, 3.05) is 26.2 Å². The van der Waals surface area contributed by atoms with Crippen LogP contribution in [0.15, 0.2) is 23.3 Å². The molecular formula is C20H24F2N4O2. The van der Waals surface area contributed by atoms with Crippen LogP contribution in [-0.2, 0) is 16.1 Å². The second-order valence-electron chi connectivity index (χ2n) is 8.10. The number of rotatable bonds is 3. The Hall–Kier alpha value is -2.35. The van der Waals surface area contributed by atoms with Crippen LogP contribution >= 0.6 is 0 Å². The van der Waals surface area contributed by atoms with Gasteiger partial charge in [-0.15, -0.1) is 0 Å². The van der Waals surface area contributed by atoms with E-state index in [2.05, 4.69) is 15.4 Å². The van der Waals surface area contributed by atoms with Gasteiger partial charge in [0.15, 0.2) is 11.6 Å². The molecule has 1 atom stereocenters. The van der Waals surface area contributed by atoms with Crippen molar-refractivity contribution in [3.63, 3.8) is 0 Å². The number of hydrazone groups is 1. The molecule has 2 fully saturated rings. The fourth-order valence-corrected chi connectivity index (χ4v) is 4.61. The summed E-state index contributed by atoms with van der Waals surface area (Å²) in [6, 6.07) is 4.29. The number of carbonyl (C=O) groups excluding carboxylic acids is 2. The standard InChI is InChI=1S/C20H24F2N4O2/c21-15-4-1-3-14(18(15)22)11-25-9-2-7-20(12-25)8-10-26(13-20)19(28)16-5-6-17(27)24-23-16/h1,3-4H,2,5-13H2,(H,24,27)/t20-/m0/s1. The van der Waals surface area contributed by atoms with Crippen molar-refractivity contribution in [2.45, 2.75) is 38.6 Å². The van der Waals surface area contributed by atoms with E-state index in [1.165, 1.54) is 6.07 Å². The highest BCUT2D eigenvalue weighted by molar-refractivity contribution is 6.39. The molecule has 1 aromatic rings. The Morgan fingerprint density at radius 1 is 1.18 bits per heavy atom. The molecule has 1 spiro atoms. The number of likely N-dealkylation sites (tertiary alicyclic amines) is 2. The number of carbonyl (C=O) groups is 2. The van der Waals surface area contributed by atoms with Gasteiger partial charge < -0.3 is 4.90 Å². The molecule has 3 heterocycles. The lowest BCUT2D eigenvalue weighted by molar-refractivity contribution is -0.124. The SMILES string of the molecule is O=C1CCC(C(=O)N2CC[C@]3(CCCN(Cc4cccc(F)c4F)C3)C2)=NN1. The van der Waals surface area contributed by atoms with Crippen molar-refractivity contribution in [1.29, 1.82) is 0 Å². The van der Waals surface area contributed by atoms with Crippen LogP contribution in [0.25, 0.3) is 0 Å². The van der Waals surface area contributed by atoms with Gasteiger partial charge in [-0.25, -0.2) is 14.2 Å². The van der Waals surface area contributed by atoms with Crippen LogP contribution in [0.1, 0.15) is 37.7 Å². The summed E-state index contributed by atoms with van der Waals surface area (Å²) in [5.74, 6) is -1.86. The number of nitrogens with one attached hydrogen (secondary N) is 1. The van der Waals surface area contributed by atoms with Gasteiger partial charge >= 0.3 is 0 Å². The lowest BCUT2D eigenvalue weighted by Crippen LogP contribution is -2.46. The van der Waals surface area contributed by atoms with E-state index in [4.69, 9.17) is 0 Å². The first-order valence-corrected chi connectivity index (χ1v) is 9.76. The molecule has 0 bridgehead atoms. The fraction of sp³-hybridized carbons (Fsp3) is 0.550. The van der Waals surface area contributed by atoms with Gasteiger partial charge in [-0.1, -0.05) is 12.1 Å². The van der Waals surface area contributed by atoms with Gasteiger partial charge in [-0.2, -0.15) is 5.10 Å². The largest absolute Gasteiger partial charge is 0.337 e. The van der Waals surface area contributed by atoms with Crippen LogP contribution in [0.5, 0.6) is 0 Å². The van der Waals surface area contributed by atoms with Crippen LogP contribution in [-0.4, -0.2) is 53.5 Å². The summed E-state index contributed by atoms with van der Waals surface area (Å²) in [7, 11) is 0.